The first kappa shape index (κ1) is 12.7. The number of benzene rings is 1. The highest BCUT2D eigenvalue weighted by Crippen LogP contribution is 2.14. The van der Waals surface area contributed by atoms with E-state index in [9.17, 15) is 4.79 Å². The Morgan fingerprint density at radius 3 is 2.90 bits per heavy atom. The van der Waals surface area contributed by atoms with Crippen LogP contribution in [0.1, 0.15) is 16.9 Å². The van der Waals surface area contributed by atoms with Crippen molar-refractivity contribution < 1.29 is 4.42 Å². The Balaban J connectivity index is 1.81. The van der Waals surface area contributed by atoms with Gasteiger partial charge < -0.3 is 14.7 Å². The van der Waals surface area contributed by atoms with E-state index in [4.69, 9.17) is 4.42 Å². The Labute approximate surface area is 116 Å². The maximum absolute atomic E-state index is 12.1. The number of pyridine rings is 1. The Hall–Kier alpha value is -2.33. The smallest absolute Gasteiger partial charge is 0.252 e. The van der Waals surface area contributed by atoms with E-state index >= 15 is 0 Å². The van der Waals surface area contributed by atoms with Crippen LogP contribution < -0.4 is 10.9 Å². The largest absolute Gasteiger partial charge is 0.468 e. The summed E-state index contributed by atoms with van der Waals surface area (Å²) in [5.41, 5.74) is 2.68. The lowest BCUT2D eigenvalue weighted by Gasteiger charge is -2.06. The molecule has 0 saturated heterocycles. The molecule has 3 aromatic rings. The number of aryl methyl sites for hydroxylation is 1. The standard InChI is InChI=1S/C16H16N2O2/c1-11-4-2-5-12-8-13(16(19)18-15(11)12)9-17-10-14-6-3-7-20-14/h2-8,17H,9-10H2,1H3,(H,18,19). The molecule has 2 heterocycles. The molecule has 0 spiro atoms. The van der Waals surface area contributed by atoms with Crippen LogP contribution in [0, 0.1) is 6.92 Å². The van der Waals surface area contributed by atoms with E-state index in [1.807, 2.05) is 43.3 Å². The topological polar surface area (TPSA) is 58.0 Å². The van der Waals surface area contributed by atoms with Crippen LogP contribution in [-0.4, -0.2) is 4.98 Å². The molecule has 0 aliphatic rings. The van der Waals surface area contributed by atoms with Crippen molar-refractivity contribution in [3.8, 4) is 0 Å². The van der Waals surface area contributed by atoms with Gasteiger partial charge in [-0.25, -0.2) is 0 Å². The summed E-state index contributed by atoms with van der Waals surface area (Å²) in [6.07, 6.45) is 1.64. The summed E-state index contributed by atoms with van der Waals surface area (Å²) in [7, 11) is 0. The molecule has 4 nitrogen and oxygen atoms in total. The van der Waals surface area contributed by atoms with Crippen molar-refractivity contribution in [2.24, 2.45) is 0 Å². The highest BCUT2D eigenvalue weighted by molar-refractivity contribution is 5.81. The van der Waals surface area contributed by atoms with Gasteiger partial charge in [-0.1, -0.05) is 18.2 Å². The number of rotatable bonds is 4. The van der Waals surface area contributed by atoms with Crippen LogP contribution in [0.2, 0.25) is 0 Å². The second-order valence-electron chi connectivity index (χ2n) is 4.85. The van der Waals surface area contributed by atoms with Gasteiger partial charge in [0.2, 0.25) is 0 Å². The summed E-state index contributed by atoms with van der Waals surface area (Å²) in [4.78, 5) is 15.0. The fraction of sp³-hybridized carbons (Fsp3) is 0.188. The molecule has 4 heteroatoms. The third-order valence-corrected chi connectivity index (χ3v) is 3.36. The minimum atomic E-state index is -0.0428. The van der Waals surface area contributed by atoms with Crippen LogP contribution in [0.25, 0.3) is 10.9 Å². The third kappa shape index (κ3) is 2.51. The van der Waals surface area contributed by atoms with Crippen LogP contribution in [0.5, 0.6) is 0 Å². The number of fused-ring (bicyclic) bond motifs is 1. The molecule has 102 valence electrons. The lowest BCUT2D eigenvalue weighted by molar-refractivity contribution is 0.482. The minimum absolute atomic E-state index is 0.0428. The number of aromatic nitrogens is 1. The van der Waals surface area contributed by atoms with Gasteiger partial charge in [-0.15, -0.1) is 0 Å². The molecule has 0 aliphatic heterocycles. The second-order valence-corrected chi connectivity index (χ2v) is 4.85. The fourth-order valence-electron chi connectivity index (χ4n) is 2.29. The number of furan rings is 1. The van der Waals surface area contributed by atoms with Gasteiger partial charge in [-0.05, 0) is 36.1 Å². The number of hydrogen-bond acceptors (Lipinski definition) is 3. The number of para-hydroxylation sites is 1. The number of aromatic amines is 1. The average Bonchev–Trinajstić information content (AvgIpc) is 2.94. The first-order chi connectivity index (χ1) is 9.74. The Morgan fingerprint density at radius 1 is 1.20 bits per heavy atom. The first-order valence-electron chi connectivity index (χ1n) is 6.58. The molecule has 1 aromatic carbocycles. The zero-order valence-electron chi connectivity index (χ0n) is 11.3. The number of hydrogen-bond donors (Lipinski definition) is 2. The molecular weight excluding hydrogens is 252 g/mol. The van der Waals surface area contributed by atoms with Crippen molar-refractivity contribution in [2.45, 2.75) is 20.0 Å². The van der Waals surface area contributed by atoms with Gasteiger partial charge in [0, 0.05) is 12.1 Å². The zero-order chi connectivity index (χ0) is 13.9. The maximum atomic E-state index is 12.1. The Morgan fingerprint density at radius 2 is 2.10 bits per heavy atom. The van der Waals surface area contributed by atoms with E-state index < -0.39 is 0 Å². The summed E-state index contributed by atoms with van der Waals surface area (Å²) in [6.45, 7) is 3.12. The van der Waals surface area contributed by atoms with Gasteiger partial charge >= 0.3 is 0 Å². The van der Waals surface area contributed by atoms with E-state index in [-0.39, 0.29) is 5.56 Å². The highest BCUT2D eigenvalue weighted by atomic mass is 16.3. The lowest BCUT2D eigenvalue weighted by Crippen LogP contribution is -2.20. The second kappa shape index (κ2) is 5.35. The van der Waals surface area contributed by atoms with Gasteiger partial charge in [-0.2, -0.15) is 0 Å². The molecule has 0 fully saturated rings. The van der Waals surface area contributed by atoms with E-state index in [1.54, 1.807) is 6.26 Å². The summed E-state index contributed by atoms with van der Waals surface area (Å²) < 4.78 is 5.24. The summed E-state index contributed by atoms with van der Waals surface area (Å²) >= 11 is 0. The van der Waals surface area contributed by atoms with E-state index in [1.165, 1.54) is 0 Å². The quantitative estimate of drug-likeness (QED) is 0.765. The van der Waals surface area contributed by atoms with Gasteiger partial charge in [0.1, 0.15) is 5.76 Å². The molecule has 0 atom stereocenters. The molecule has 2 N–H and O–H groups in total. The molecule has 3 rings (SSSR count). The predicted octanol–water partition coefficient (Wildman–Crippen LogP) is 2.72. The molecule has 0 amide bonds. The third-order valence-electron chi connectivity index (χ3n) is 3.36. The maximum Gasteiger partial charge on any atom is 0.252 e. The van der Waals surface area contributed by atoms with E-state index in [2.05, 4.69) is 10.3 Å². The predicted molar refractivity (Wildman–Crippen MR) is 78.6 cm³/mol. The summed E-state index contributed by atoms with van der Waals surface area (Å²) in [6, 6.07) is 11.7. The first-order valence-corrected chi connectivity index (χ1v) is 6.58. The van der Waals surface area contributed by atoms with Crippen molar-refractivity contribution in [3.63, 3.8) is 0 Å². The molecule has 2 aromatic heterocycles. The molecule has 20 heavy (non-hydrogen) atoms. The highest BCUT2D eigenvalue weighted by Gasteiger charge is 2.04. The molecular formula is C16H16N2O2. The Kier molecular flexibility index (Phi) is 3.39. The lowest BCUT2D eigenvalue weighted by atomic mass is 10.1. The monoisotopic (exact) mass is 268 g/mol. The molecule has 0 bridgehead atoms. The van der Waals surface area contributed by atoms with Crippen molar-refractivity contribution in [2.75, 3.05) is 0 Å². The van der Waals surface area contributed by atoms with E-state index in [0.717, 1.165) is 27.8 Å². The molecule has 0 aliphatic carbocycles. The normalized spacial score (nSPS) is 11.1. The van der Waals surface area contributed by atoms with Gasteiger partial charge in [0.05, 0.1) is 18.3 Å². The summed E-state index contributed by atoms with van der Waals surface area (Å²) in [5.74, 6) is 0.859. The van der Waals surface area contributed by atoms with Gasteiger partial charge in [0.15, 0.2) is 0 Å². The molecule has 0 unspecified atom stereocenters. The van der Waals surface area contributed by atoms with Crippen LogP contribution in [0.3, 0.4) is 0 Å². The van der Waals surface area contributed by atoms with Crippen molar-refractivity contribution >= 4 is 10.9 Å². The minimum Gasteiger partial charge on any atom is -0.468 e. The number of H-pyrrole nitrogens is 1. The van der Waals surface area contributed by atoms with Crippen LogP contribution in [0.4, 0.5) is 0 Å². The zero-order valence-corrected chi connectivity index (χ0v) is 11.3. The SMILES string of the molecule is Cc1cccc2cc(CNCc3ccco3)c(=O)[nH]c12. The van der Waals surface area contributed by atoms with Crippen molar-refractivity contribution in [1.82, 2.24) is 10.3 Å². The van der Waals surface area contributed by atoms with Crippen molar-refractivity contribution in [1.29, 1.82) is 0 Å². The fourth-order valence-corrected chi connectivity index (χ4v) is 2.29. The Bertz CT molecular complexity index is 773. The number of nitrogens with one attached hydrogen (secondary N) is 2. The van der Waals surface area contributed by atoms with E-state index in [0.29, 0.717) is 13.1 Å². The molecule has 0 radical (unpaired) electrons. The van der Waals surface area contributed by atoms with Crippen LogP contribution >= 0.6 is 0 Å². The molecule has 0 saturated carbocycles. The van der Waals surface area contributed by atoms with Crippen LogP contribution in [-0.2, 0) is 13.1 Å². The summed E-state index contributed by atoms with van der Waals surface area (Å²) in [5, 5.41) is 4.27. The van der Waals surface area contributed by atoms with Crippen molar-refractivity contribution in [3.05, 3.63) is 69.9 Å². The van der Waals surface area contributed by atoms with Crippen LogP contribution in [0.15, 0.2) is 51.9 Å². The van der Waals surface area contributed by atoms with Gasteiger partial charge in [0.25, 0.3) is 5.56 Å². The van der Waals surface area contributed by atoms with Gasteiger partial charge in [-0.3, -0.25) is 4.79 Å². The average molecular weight is 268 g/mol.